The van der Waals surface area contributed by atoms with Crippen molar-refractivity contribution in [3.63, 3.8) is 0 Å². The number of carbonyl (C=O) groups is 2. The zero-order chi connectivity index (χ0) is 26.8. The molecule has 3 N–H and O–H groups in total. The third-order valence-corrected chi connectivity index (χ3v) is 6.55. The number of halogens is 1. The van der Waals surface area contributed by atoms with Gasteiger partial charge in [-0.05, 0) is 86.1 Å². The average Bonchev–Trinajstić information content (AvgIpc) is 2.87. The first-order valence-electron chi connectivity index (χ1n) is 12.3. The van der Waals surface area contributed by atoms with Gasteiger partial charge < -0.3 is 15.4 Å². The number of hydrogen-bond acceptors (Lipinski definition) is 4. The smallest absolute Gasteiger partial charge is 0.261 e. The van der Waals surface area contributed by atoms with Gasteiger partial charge in [-0.3, -0.25) is 14.9 Å². The number of aryl methyl sites for hydroxylation is 2. The van der Waals surface area contributed by atoms with E-state index in [-0.39, 0.29) is 11.0 Å². The van der Waals surface area contributed by atoms with Crippen LogP contribution in [0.4, 0.5) is 11.4 Å². The fourth-order valence-corrected chi connectivity index (χ4v) is 4.21. The molecule has 2 amide bonds. The molecule has 0 saturated heterocycles. The predicted octanol–water partition coefficient (Wildman–Crippen LogP) is 7.40. The maximum atomic E-state index is 13.1. The Bertz CT molecular complexity index is 1280. The number of thiocarbonyl (C=S) groups is 1. The molecule has 3 aromatic carbocycles. The molecule has 0 spiro atoms. The number of rotatable bonds is 10. The number of hydrogen-bond donors (Lipinski definition) is 3. The molecular weight excluding hydrogens is 550 g/mol. The minimum absolute atomic E-state index is 0.0744. The van der Waals surface area contributed by atoms with Crippen LogP contribution in [0.1, 0.15) is 64.4 Å². The number of unbranched alkanes of at least 4 members (excludes halogenated alkanes) is 3. The van der Waals surface area contributed by atoms with Crippen molar-refractivity contribution < 1.29 is 14.3 Å². The van der Waals surface area contributed by atoms with Crippen molar-refractivity contribution >= 4 is 56.4 Å². The number of para-hydroxylation sites is 1. The van der Waals surface area contributed by atoms with Crippen LogP contribution in [0.25, 0.3) is 0 Å². The molecule has 3 rings (SSSR count). The zero-order valence-electron chi connectivity index (χ0n) is 21.3. The van der Waals surface area contributed by atoms with Gasteiger partial charge in [-0.25, -0.2) is 0 Å². The molecule has 0 aliphatic carbocycles. The Kier molecular flexibility index (Phi) is 10.7. The van der Waals surface area contributed by atoms with Gasteiger partial charge >= 0.3 is 0 Å². The first kappa shape index (κ1) is 28.3. The van der Waals surface area contributed by atoms with Crippen LogP contribution >= 0.6 is 28.1 Å². The van der Waals surface area contributed by atoms with Gasteiger partial charge in [0.25, 0.3) is 11.8 Å². The Morgan fingerprint density at radius 3 is 2.41 bits per heavy atom. The minimum Gasteiger partial charge on any atom is -0.493 e. The number of benzene rings is 3. The van der Waals surface area contributed by atoms with Gasteiger partial charge in [-0.1, -0.05) is 60.3 Å². The molecule has 0 unspecified atom stereocenters. The Balaban J connectivity index is 1.67. The van der Waals surface area contributed by atoms with Crippen LogP contribution in [-0.2, 0) is 0 Å². The van der Waals surface area contributed by atoms with Crippen molar-refractivity contribution in [2.24, 2.45) is 0 Å². The zero-order valence-corrected chi connectivity index (χ0v) is 23.7. The van der Waals surface area contributed by atoms with E-state index in [9.17, 15) is 9.59 Å². The minimum atomic E-state index is -0.403. The van der Waals surface area contributed by atoms with Crippen LogP contribution in [0.5, 0.6) is 5.75 Å². The molecule has 37 heavy (non-hydrogen) atoms. The average molecular weight is 583 g/mol. The largest absolute Gasteiger partial charge is 0.493 e. The quantitative estimate of drug-likeness (QED) is 0.172. The van der Waals surface area contributed by atoms with E-state index in [0.717, 1.165) is 41.3 Å². The number of nitrogens with one attached hydrogen (secondary N) is 3. The number of amides is 2. The van der Waals surface area contributed by atoms with E-state index < -0.39 is 5.91 Å². The van der Waals surface area contributed by atoms with Crippen LogP contribution in [0, 0.1) is 13.8 Å². The van der Waals surface area contributed by atoms with Crippen LogP contribution in [-0.4, -0.2) is 23.5 Å². The first-order chi connectivity index (χ1) is 17.8. The molecule has 194 valence electrons. The topological polar surface area (TPSA) is 79.5 Å². The number of ether oxygens (including phenoxy) is 1. The highest BCUT2D eigenvalue weighted by molar-refractivity contribution is 9.10. The monoisotopic (exact) mass is 581 g/mol. The van der Waals surface area contributed by atoms with Crippen molar-refractivity contribution in [2.45, 2.75) is 46.5 Å². The highest BCUT2D eigenvalue weighted by atomic mass is 79.9. The lowest BCUT2D eigenvalue weighted by Gasteiger charge is -2.15. The molecule has 0 aliphatic heterocycles. The summed E-state index contributed by atoms with van der Waals surface area (Å²) in [5, 5.41) is 8.68. The standard InChI is InChI=1S/C29H32BrN3O3S/c1-4-5-6-9-16-36-26-15-13-21(30)18-24(26)28(35)33-29(37)32-25-11-8-7-10-23(25)27(34)31-22-14-12-19(2)20(3)17-22/h7-8,10-15,17-18H,4-6,9,16H2,1-3H3,(H,31,34)(H2,32,33,35,37). The second-order valence-electron chi connectivity index (χ2n) is 8.76. The maximum Gasteiger partial charge on any atom is 0.261 e. The molecule has 6 nitrogen and oxygen atoms in total. The molecule has 8 heteroatoms. The Morgan fingerprint density at radius 2 is 1.65 bits per heavy atom. The van der Waals surface area contributed by atoms with Gasteiger partial charge in [0.2, 0.25) is 0 Å². The molecule has 0 saturated carbocycles. The molecule has 0 atom stereocenters. The molecule has 0 aromatic heterocycles. The number of anilines is 2. The van der Waals surface area contributed by atoms with Gasteiger partial charge in [0.15, 0.2) is 5.11 Å². The molecule has 0 aliphatic rings. The summed E-state index contributed by atoms with van der Waals surface area (Å²) < 4.78 is 6.64. The van der Waals surface area contributed by atoms with Gasteiger partial charge in [-0.15, -0.1) is 0 Å². The summed E-state index contributed by atoms with van der Waals surface area (Å²) in [5.41, 5.74) is 4.19. The second-order valence-corrected chi connectivity index (χ2v) is 10.1. The van der Waals surface area contributed by atoms with E-state index in [2.05, 4.69) is 38.8 Å². The van der Waals surface area contributed by atoms with Crippen molar-refractivity contribution in [1.29, 1.82) is 0 Å². The lowest BCUT2D eigenvalue weighted by Crippen LogP contribution is -2.35. The van der Waals surface area contributed by atoms with Crippen LogP contribution in [0.2, 0.25) is 0 Å². The van der Waals surface area contributed by atoms with Crippen LogP contribution in [0.15, 0.2) is 65.1 Å². The molecule has 0 bridgehead atoms. The van der Waals surface area contributed by atoms with Crippen molar-refractivity contribution in [3.8, 4) is 5.75 Å². The van der Waals surface area contributed by atoms with Crippen LogP contribution < -0.4 is 20.7 Å². The Morgan fingerprint density at radius 1 is 0.865 bits per heavy atom. The van der Waals surface area contributed by atoms with Gasteiger partial charge in [0.1, 0.15) is 5.75 Å². The van der Waals surface area contributed by atoms with Crippen molar-refractivity contribution in [3.05, 3.63) is 87.4 Å². The molecular formula is C29H32BrN3O3S. The highest BCUT2D eigenvalue weighted by Gasteiger charge is 2.17. The fraction of sp³-hybridized carbons (Fsp3) is 0.276. The van der Waals surface area contributed by atoms with Gasteiger partial charge in [0.05, 0.1) is 23.4 Å². The summed E-state index contributed by atoms with van der Waals surface area (Å²) in [6, 6.07) is 18.0. The van der Waals surface area contributed by atoms with E-state index in [1.54, 1.807) is 36.4 Å². The lowest BCUT2D eigenvalue weighted by atomic mass is 10.1. The molecule has 3 aromatic rings. The van der Waals surface area contributed by atoms with Crippen molar-refractivity contribution in [1.82, 2.24) is 5.32 Å². The second kappa shape index (κ2) is 13.9. The van der Waals surface area contributed by atoms with Gasteiger partial charge in [-0.2, -0.15) is 0 Å². The van der Waals surface area contributed by atoms with Crippen molar-refractivity contribution in [2.75, 3.05) is 17.2 Å². The summed E-state index contributed by atoms with van der Waals surface area (Å²) >= 11 is 8.82. The van der Waals surface area contributed by atoms with E-state index in [1.807, 2.05) is 38.1 Å². The number of carbonyl (C=O) groups excluding carboxylic acids is 2. The van der Waals surface area contributed by atoms with E-state index in [4.69, 9.17) is 17.0 Å². The fourth-order valence-electron chi connectivity index (χ4n) is 3.65. The highest BCUT2D eigenvalue weighted by Crippen LogP contribution is 2.24. The summed E-state index contributed by atoms with van der Waals surface area (Å²) in [6.07, 6.45) is 4.30. The van der Waals surface area contributed by atoms with E-state index in [1.165, 1.54) is 0 Å². The molecule has 0 radical (unpaired) electrons. The first-order valence-corrected chi connectivity index (χ1v) is 13.5. The third kappa shape index (κ3) is 8.40. The maximum absolute atomic E-state index is 13.1. The van der Waals surface area contributed by atoms with Gasteiger partial charge in [0, 0.05) is 10.2 Å². The summed E-state index contributed by atoms with van der Waals surface area (Å²) in [7, 11) is 0. The lowest BCUT2D eigenvalue weighted by molar-refractivity contribution is 0.0972. The van der Waals surface area contributed by atoms with E-state index >= 15 is 0 Å². The normalized spacial score (nSPS) is 10.5. The third-order valence-electron chi connectivity index (χ3n) is 5.85. The Labute approximate surface area is 232 Å². The summed E-state index contributed by atoms with van der Waals surface area (Å²) in [6.45, 7) is 6.71. The molecule has 0 heterocycles. The summed E-state index contributed by atoms with van der Waals surface area (Å²) in [5.74, 6) is -0.196. The molecule has 0 fully saturated rings. The van der Waals surface area contributed by atoms with Crippen LogP contribution in [0.3, 0.4) is 0 Å². The Hall–Kier alpha value is -3.23. The predicted molar refractivity (Wildman–Crippen MR) is 158 cm³/mol. The summed E-state index contributed by atoms with van der Waals surface area (Å²) in [4.78, 5) is 26.1. The SMILES string of the molecule is CCCCCCOc1ccc(Br)cc1C(=O)NC(=S)Nc1ccccc1C(=O)Nc1ccc(C)c(C)c1. The van der Waals surface area contributed by atoms with E-state index in [0.29, 0.717) is 34.9 Å².